The van der Waals surface area contributed by atoms with Crippen LogP contribution in [0.25, 0.3) is 5.69 Å². The number of nitrogens with one attached hydrogen (secondary N) is 1. The van der Waals surface area contributed by atoms with Crippen molar-refractivity contribution in [1.82, 2.24) is 9.99 Å². The van der Waals surface area contributed by atoms with Crippen molar-refractivity contribution < 1.29 is 23.4 Å². The minimum Gasteiger partial charge on any atom is -0.486 e. The van der Waals surface area contributed by atoms with E-state index in [9.17, 15) is 4.79 Å². The van der Waals surface area contributed by atoms with Crippen molar-refractivity contribution in [2.75, 3.05) is 6.79 Å². The van der Waals surface area contributed by atoms with E-state index in [1.54, 1.807) is 24.3 Å². The zero-order chi connectivity index (χ0) is 23.5. The standard InChI is InChI=1S/C26H23N3O5/c1-17-3-4-18(2)29(17)20-6-8-21(9-7-20)31-15-22-10-12-24(34-22)26(30)28-27-14-19-5-11-23-25(13-19)33-16-32-23/h3-14H,15-16H2,1-2H3,(H,28,30)/b27-14+. The van der Waals surface area contributed by atoms with Crippen molar-refractivity contribution in [2.24, 2.45) is 5.10 Å². The van der Waals surface area contributed by atoms with Crippen LogP contribution in [0.5, 0.6) is 17.2 Å². The Morgan fingerprint density at radius 2 is 1.76 bits per heavy atom. The van der Waals surface area contributed by atoms with E-state index in [4.69, 9.17) is 18.6 Å². The van der Waals surface area contributed by atoms with Crippen molar-refractivity contribution in [2.45, 2.75) is 20.5 Å². The second-order valence-electron chi connectivity index (χ2n) is 7.81. The normalized spacial score (nSPS) is 12.3. The molecule has 0 saturated heterocycles. The van der Waals surface area contributed by atoms with Gasteiger partial charge in [-0.25, -0.2) is 5.43 Å². The SMILES string of the molecule is Cc1ccc(C)n1-c1ccc(OCc2ccc(C(=O)N/N=C/c3ccc4c(c3)OCO4)o2)cc1. The van der Waals surface area contributed by atoms with Gasteiger partial charge in [0.25, 0.3) is 0 Å². The maximum absolute atomic E-state index is 12.3. The number of hydrazone groups is 1. The van der Waals surface area contributed by atoms with Gasteiger partial charge in [-0.3, -0.25) is 4.79 Å². The summed E-state index contributed by atoms with van der Waals surface area (Å²) >= 11 is 0. The summed E-state index contributed by atoms with van der Waals surface area (Å²) in [5.74, 6) is 2.28. The van der Waals surface area contributed by atoms with Gasteiger partial charge in [0.2, 0.25) is 6.79 Å². The molecule has 0 atom stereocenters. The molecule has 2 aromatic heterocycles. The Bertz CT molecular complexity index is 1330. The average molecular weight is 457 g/mol. The van der Waals surface area contributed by atoms with E-state index in [0.29, 0.717) is 23.0 Å². The molecule has 0 unspecified atom stereocenters. The molecule has 2 aromatic carbocycles. The van der Waals surface area contributed by atoms with Crippen molar-refractivity contribution in [3.8, 4) is 22.9 Å². The molecule has 0 aliphatic carbocycles. The van der Waals surface area contributed by atoms with E-state index in [1.807, 2.05) is 30.3 Å². The number of hydrogen-bond acceptors (Lipinski definition) is 6. The molecule has 0 saturated carbocycles. The lowest BCUT2D eigenvalue weighted by molar-refractivity contribution is 0.0923. The summed E-state index contributed by atoms with van der Waals surface area (Å²) in [4.78, 5) is 12.3. The summed E-state index contributed by atoms with van der Waals surface area (Å²) in [5, 5.41) is 3.97. The number of amides is 1. The van der Waals surface area contributed by atoms with Gasteiger partial charge in [-0.05, 0) is 86.1 Å². The third-order valence-electron chi connectivity index (χ3n) is 5.41. The number of carbonyl (C=O) groups excluding carboxylic acids is 1. The molecule has 5 rings (SSSR count). The largest absolute Gasteiger partial charge is 0.486 e. The number of hydrogen-bond donors (Lipinski definition) is 1. The molecule has 1 aliphatic rings. The van der Waals surface area contributed by atoms with Crippen LogP contribution < -0.4 is 19.6 Å². The van der Waals surface area contributed by atoms with Gasteiger partial charge >= 0.3 is 5.91 Å². The molecule has 0 bridgehead atoms. The van der Waals surface area contributed by atoms with Crippen LogP contribution in [0.15, 0.2) is 76.2 Å². The first-order valence-corrected chi connectivity index (χ1v) is 10.8. The first kappa shape index (κ1) is 21.4. The highest BCUT2D eigenvalue weighted by molar-refractivity contribution is 5.92. The Kier molecular flexibility index (Phi) is 5.78. The van der Waals surface area contributed by atoms with Crippen LogP contribution in [0.3, 0.4) is 0 Å². The van der Waals surface area contributed by atoms with E-state index in [1.165, 1.54) is 17.6 Å². The van der Waals surface area contributed by atoms with Gasteiger partial charge in [0.15, 0.2) is 17.3 Å². The second kappa shape index (κ2) is 9.19. The molecule has 172 valence electrons. The van der Waals surface area contributed by atoms with Crippen LogP contribution in [-0.4, -0.2) is 23.5 Å². The molecule has 1 amide bonds. The van der Waals surface area contributed by atoms with Crippen LogP contribution >= 0.6 is 0 Å². The summed E-state index contributed by atoms with van der Waals surface area (Å²) in [6, 6.07) is 20.7. The van der Waals surface area contributed by atoms with E-state index in [-0.39, 0.29) is 19.2 Å². The molecule has 0 spiro atoms. The predicted molar refractivity (Wildman–Crippen MR) is 126 cm³/mol. The highest BCUT2D eigenvalue weighted by Gasteiger charge is 2.13. The number of ether oxygens (including phenoxy) is 3. The fraction of sp³-hybridized carbons (Fsp3) is 0.154. The van der Waals surface area contributed by atoms with Gasteiger partial charge in [0.1, 0.15) is 18.1 Å². The highest BCUT2D eigenvalue weighted by Crippen LogP contribution is 2.32. The summed E-state index contributed by atoms with van der Waals surface area (Å²) in [6.07, 6.45) is 1.52. The molecular weight excluding hydrogens is 434 g/mol. The quantitative estimate of drug-likeness (QED) is 0.319. The third-order valence-corrected chi connectivity index (χ3v) is 5.41. The smallest absolute Gasteiger partial charge is 0.307 e. The summed E-state index contributed by atoms with van der Waals surface area (Å²) in [5.41, 5.74) is 6.64. The van der Waals surface area contributed by atoms with E-state index < -0.39 is 5.91 Å². The number of rotatable bonds is 7. The van der Waals surface area contributed by atoms with Crippen LogP contribution in [0, 0.1) is 13.8 Å². The molecule has 0 radical (unpaired) electrons. The Morgan fingerprint density at radius 3 is 2.56 bits per heavy atom. The maximum atomic E-state index is 12.3. The summed E-state index contributed by atoms with van der Waals surface area (Å²) < 4.78 is 24.2. The monoisotopic (exact) mass is 457 g/mol. The van der Waals surface area contributed by atoms with Gasteiger partial charge < -0.3 is 23.2 Å². The lowest BCUT2D eigenvalue weighted by Gasteiger charge is -2.10. The zero-order valence-corrected chi connectivity index (χ0v) is 18.8. The van der Waals surface area contributed by atoms with E-state index in [0.717, 1.165) is 11.3 Å². The third kappa shape index (κ3) is 4.52. The molecular formula is C26H23N3O5. The first-order chi connectivity index (χ1) is 16.6. The minimum atomic E-state index is -0.454. The molecule has 4 aromatic rings. The lowest BCUT2D eigenvalue weighted by atomic mass is 10.2. The number of nitrogens with zero attached hydrogens (tertiary/aromatic N) is 2. The van der Waals surface area contributed by atoms with Crippen molar-refractivity contribution in [3.63, 3.8) is 0 Å². The van der Waals surface area contributed by atoms with Gasteiger partial charge in [0, 0.05) is 17.1 Å². The summed E-state index contributed by atoms with van der Waals surface area (Å²) in [7, 11) is 0. The number of benzene rings is 2. The minimum absolute atomic E-state index is 0.148. The second-order valence-corrected chi connectivity index (χ2v) is 7.81. The number of aryl methyl sites for hydroxylation is 2. The first-order valence-electron chi connectivity index (χ1n) is 10.8. The van der Waals surface area contributed by atoms with Crippen molar-refractivity contribution >= 4 is 12.1 Å². The zero-order valence-electron chi connectivity index (χ0n) is 18.8. The van der Waals surface area contributed by atoms with E-state index in [2.05, 4.69) is 41.1 Å². The Morgan fingerprint density at radius 1 is 1.00 bits per heavy atom. The molecule has 34 heavy (non-hydrogen) atoms. The summed E-state index contributed by atoms with van der Waals surface area (Å²) in [6.45, 7) is 4.56. The average Bonchev–Trinajstić information content (AvgIpc) is 3.58. The molecule has 1 N–H and O–H groups in total. The Labute approximate surface area is 196 Å². The lowest BCUT2D eigenvalue weighted by Crippen LogP contribution is -2.16. The maximum Gasteiger partial charge on any atom is 0.307 e. The molecule has 3 heterocycles. The Hall–Kier alpha value is -4.46. The number of aromatic nitrogens is 1. The fourth-order valence-corrected chi connectivity index (χ4v) is 3.71. The van der Waals surface area contributed by atoms with Crippen molar-refractivity contribution in [3.05, 3.63) is 95.2 Å². The van der Waals surface area contributed by atoms with E-state index >= 15 is 0 Å². The highest BCUT2D eigenvalue weighted by atomic mass is 16.7. The van der Waals surface area contributed by atoms with Crippen LogP contribution in [0.1, 0.15) is 33.3 Å². The van der Waals surface area contributed by atoms with Crippen LogP contribution in [0.2, 0.25) is 0 Å². The van der Waals surface area contributed by atoms with Gasteiger partial charge in [-0.1, -0.05) is 0 Å². The van der Waals surface area contributed by atoms with Gasteiger partial charge in [0.05, 0.1) is 6.21 Å². The Balaban J connectivity index is 1.14. The fourth-order valence-electron chi connectivity index (χ4n) is 3.71. The van der Waals surface area contributed by atoms with Crippen LogP contribution in [0.4, 0.5) is 0 Å². The molecule has 8 nitrogen and oxygen atoms in total. The molecule has 8 heteroatoms. The molecule has 0 fully saturated rings. The topological polar surface area (TPSA) is 87.2 Å². The van der Waals surface area contributed by atoms with Gasteiger partial charge in [-0.15, -0.1) is 0 Å². The number of furan rings is 1. The van der Waals surface area contributed by atoms with Crippen LogP contribution in [-0.2, 0) is 6.61 Å². The number of carbonyl (C=O) groups is 1. The number of fused-ring (bicyclic) bond motifs is 1. The van der Waals surface area contributed by atoms with Crippen molar-refractivity contribution in [1.29, 1.82) is 0 Å². The van der Waals surface area contributed by atoms with Gasteiger partial charge in [-0.2, -0.15) is 5.10 Å². The molecule has 1 aliphatic heterocycles. The predicted octanol–water partition coefficient (Wildman–Crippen LogP) is 4.76.